The zero-order chi connectivity index (χ0) is 11.2. The summed E-state index contributed by atoms with van der Waals surface area (Å²) in [6.45, 7) is 0. The molecular weight excluding hydrogens is 220 g/mol. The van der Waals surface area contributed by atoms with Gasteiger partial charge in [0.1, 0.15) is 9.58 Å². The highest BCUT2D eigenvalue weighted by atomic mass is 32.1. The maximum absolute atomic E-state index is 11.3. The minimum absolute atomic E-state index is 0.0386. The SMILES string of the molecule is Cn1c(=O)[nH]c(=O)c2sc(C(=O)O)cc21. The van der Waals surface area contributed by atoms with E-state index in [0.717, 1.165) is 11.3 Å². The summed E-state index contributed by atoms with van der Waals surface area (Å²) in [6, 6.07) is 1.32. The summed E-state index contributed by atoms with van der Waals surface area (Å²) in [5.41, 5.74) is -0.765. The third-order valence-corrected chi connectivity index (χ3v) is 3.13. The number of fused-ring (bicyclic) bond motifs is 1. The van der Waals surface area contributed by atoms with E-state index in [1.807, 2.05) is 0 Å². The largest absolute Gasteiger partial charge is 0.477 e. The topological polar surface area (TPSA) is 92.2 Å². The lowest BCUT2D eigenvalue weighted by atomic mass is 10.4. The van der Waals surface area contributed by atoms with Crippen LogP contribution in [0.3, 0.4) is 0 Å². The van der Waals surface area contributed by atoms with E-state index in [0.29, 0.717) is 5.52 Å². The Morgan fingerprint density at radius 1 is 1.53 bits per heavy atom. The molecule has 0 aromatic carbocycles. The molecule has 78 valence electrons. The zero-order valence-corrected chi connectivity index (χ0v) is 8.42. The smallest absolute Gasteiger partial charge is 0.345 e. The molecular formula is C8H6N2O4S. The first-order valence-corrected chi connectivity index (χ1v) is 4.78. The van der Waals surface area contributed by atoms with Crippen molar-refractivity contribution in [2.75, 3.05) is 0 Å². The fourth-order valence-electron chi connectivity index (χ4n) is 1.25. The number of hydrogen-bond acceptors (Lipinski definition) is 4. The molecule has 2 aromatic rings. The quantitative estimate of drug-likeness (QED) is 0.715. The summed E-state index contributed by atoms with van der Waals surface area (Å²) in [6.07, 6.45) is 0. The molecule has 0 saturated heterocycles. The summed E-state index contributed by atoms with van der Waals surface area (Å²) < 4.78 is 1.45. The first-order chi connectivity index (χ1) is 7.00. The van der Waals surface area contributed by atoms with Gasteiger partial charge in [-0.15, -0.1) is 11.3 Å². The molecule has 0 bridgehead atoms. The molecule has 0 unspecified atom stereocenters. The highest BCUT2D eigenvalue weighted by molar-refractivity contribution is 7.20. The summed E-state index contributed by atoms with van der Waals surface area (Å²) in [5, 5.41) is 8.75. The Morgan fingerprint density at radius 3 is 2.80 bits per heavy atom. The van der Waals surface area contributed by atoms with Crippen molar-refractivity contribution >= 4 is 27.5 Å². The number of carboxylic acid groups (broad SMARTS) is 1. The van der Waals surface area contributed by atoms with Crippen LogP contribution in [0.4, 0.5) is 0 Å². The highest BCUT2D eigenvalue weighted by Gasteiger charge is 2.13. The lowest BCUT2D eigenvalue weighted by molar-refractivity contribution is 0.0702. The van der Waals surface area contributed by atoms with E-state index in [9.17, 15) is 14.4 Å². The van der Waals surface area contributed by atoms with Crippen LogP contribution in [-0.4, -0.2) is 20.6 Å². The first-order valence-electron chi connectivity index (χ1n) is 3.97. The Labute approximate surface area is 86.4 Å². The molecule has 2 heterocycles. The number of nitrogens with one attached hydrogen (secondary N) is 1. The van der Waals surface area contributed by atoms with Crippen LogP contribution in [0, 0.1) is 0 Å². The molecule has 2 N–H and O–H groups in total. The normalized spacial score (nSPS) is 10.7. The van der Waals surface area contributed by atoms with Gasteiger partial charge in [-0.2, -0.15) is 0 Å². The van der Waals surface area contributed by atoms with Crippen LogP contribution in [-0.2, 0) is 7.05 Å². The second-order valence-electron chi connectivity index (χ2n) is 2.95. The van der Waals surface area contributed by atoms with Gasteiger partial charge in [0.15, 0.2) is 0 Å². The lowest BCUT2D eigenvalue weighted by Gasteiger charge is -1.96. The Hall–Kier alpha value is -1.89. The Balaban J connectivity index is 2.98. The zero-order valence-electron chi connectivity index (χ0n) is 7.60. The van der Waals surface area contributed by atoms with Gasteiger partial charge in [-0.05, 0) is 6.07 Å². The van der Waals surface area contributed by atoms with Gasteiger partial charge >= 0.3 is 11.7 Å². The summed E-state index contributed by atoms with van der Waals surface area (Å²) in [7, 11) is 1.47. The third kappa shape index (κ3) is 1.37. The molecule has 0 amide bonds. The fraction of sp³-hybridized carbons (Fsp3) is 0.125. The van der Waals surface area contributed by atoms with Crippen LogP contribution in [0.15, 0.2) is 15.7 Å². The third-order valence-electron chi connectivity index (χ3n) is 2.02. The number of aromatic carboxylic acids is 1. The highest BCUT2D eigenvalue weighted by Crippen LogP contribution is 2.20. The van der Waals surface area contributed by atoms with Gasteiger partial charge < -0.3 is 5.11 Å². The Kier molecular flexibility index (Phi) is 1.97. The first kappa shape index (κ1) is 9.66. The van der Waals surface area contributed by atoms with Crippen LogP contribution in [0.2, 0.25) is 0 Å². The predicted octanol–water partition coefficient (Wildman–Crippen LogP) is -0.0135. The minimum Gasteiger partial charge on any atom is -0.477 e. The van der Waals surface area contributed by atoms with Gasteiger partial charge in [0.2, 0.25) is 0 Å². The Morgan fingerprint density at radius 2 is 2.20 bits per heavy atom. The molecule has 15 heavy (non-hydrogen) atoms. The van der Waals surface area contributed by atoms with Crippen LogP contribution in [0.5, 0.6) is 0 Å². The number of hydrogen-bond donors (Lipinski definition) is 2. The van der Waals surface area contributed by atoms with Crippen molar-refractivity contribution in [1.82, 2.24) is 9.55 Å². The van der Waals surface area contributed by atoms with Crippen LogP contribution in [0.1, 0.15) is 9.67 Å². The number of aromatic nitrogens is 2. The number of nitrogens with zero attached hydrogens (tertiary/aromatic N) is 1. The van der Waals surface area contributed by atoms with E-state index in [4.69, 9.17) is 5.11 Å². The maximum atomic E-state index is 11.3. The molecule has 0 aliphatic rings. The molecule has 2 rings (SSSR count). The van der Waals surface area contributed by atoms with E-state index in [-0.39, 0.29) is 9.58 Å². The molecule has 7 heteroatoms. The molecule has 0 atom stereocenters. The molecule has 6 nitrogen and oxygen atoms in total. The van der Waals surface area contributed by atoms with Crippen LogP contribution < -0.4 is 11.2 Å². The molecule has 0 aliphatic heterocycles. The molecule has 0 aliphatic carbocycles. The van der Waals surface area contributed by atoms with Gasteiger partial charge in [0.25, 0.3) is 5.56 Å². The maximum Gasteiger partial charge on any atom is 0.345 e. The van der Waals surface area contributed by atoms with Crippen molar-refractivity contribution < 1.29 is 9.90 Å². The number of H-pyrrole nitrogens is 1. The van der Waals surface area contributed by atoms with Crippen LogP contribution >= 0.6 is 11.3 Å². The van der Waals surface area contributed by atoms with Crippen molar-refractivity contribution in [1.29, 1.82) is 0 Å². The van der Waals surface area contributed by atoms with Crippen molar-refractivity contribution in [3.05, 3.63) is 31.8 Å². The minimum atomic E-state index is -1.11. The lowest BCUT2D eigenvalue weighted by Crippen LogP contribution is -2.27. The van der Waals surface area contributed by atoms with E-state index in [1.165, 1.54) is 17.7 Å². The van der Waals surface area contributed by atoms with Crippen molar-refractivity contribution in [3.8, 4) is 0 Å². The van der Waals surface area contributed by atoms with Crippen molar-refractivity contribution in [3.63, 3.8) is 0 Å². The molecule has 0 spiro atoms. The van der Waals surface area contributed by atoms with Gasteiger partial charge in [-0.3, -0.25) is 14.3 Å². The molecule has 0 fully saturated rings. The van der Waals surface area contributed by atoms with Crippen LogP contribution in [0.25, 0.3) is 10.2 Å². The second-order valence-corrected chi connectivity index (χ2v) is 4.00. The molecule has 0 saturated carbocycles. The average Bonchev–Trinajstić information content (AvgIpc) is 2.59. The van der Waals surface area contributed by atoms with E-state index >= 15 is 0 Å². The molecule has 2 aromatic heterocycles. The number of thiophene rings is 1. The second kappa shape index (κ2) is 3.06. The Bertz CT molecular complexity index is 663. The number of carboxylic acids is 1. The average molecular weight is 226 g/mol. The van der Waals surface area contributed by atoms with Gasteiger partial charge in [-0.25, -0.2) is 9.59 Å². The van der Waals surface area contributed by atoms with E-state index < -0.39 is 17.2 Å². The number of aromatic amines is 1. The van der Waals surface area contributed by atoms with Crippen molar-refractivity contribution in [2.24, 2.45) is 7.05 Å². The van der Waals surface area contributed by atoms with Gasteiger partial charge in [0, 0.05) is 7.05 Å². The standard InChI is InChI=1S/C8H6N2O4S/c1-10-3-2-4(7(12)13)15-5(3)6(11)9-8(10)14/h2H,1H3,(H,12,13)(H,9,11,14). The number of aryl methyl sites for hydroxylation is 1. The van der Waals surface area contributed by atoms with Crippen molar-refractivity contribution in [2.45, 2.75) is 0 Å². The summed E-state index contributed by atoms with van der Waals surface area (Å²) in [4.78, 5) is 35.4. The summed E-state index contributed by atoms with van der Waals surface area (Å²) >= 11 is 0.852. The van der Waals surface area contributed by atoms with Gasteiger partial charge in [0.05, 0.1) is 5.52 Å². The van der Waals surface area contributed by atoms with E-state index in [1.54, 1.807) is 0 Å². The fourth-order valence-corrected chi connectivity index (χ4v) is 2.17. The predicted molar refractivity (Wildman–Crippen MR) is 54.6 cm³/mol. The molecule has 0 radical (unpaired) electrons. The monoisotopic (exact) mass is 226 g/mol. The number of carbonyl (C=O) groups is 1. The number of rotatable bonds is 1. The van der Waals surface area contributed by atoms with Gasteiger partial charge in [-0.1, -0.05) is 0 Å². The van der Waals surface area contributed by atoms with E-state index in [2.05, 4.69) is 4.98 Å². The summed E-state index contributed by atoms with van der Waals surface area (Å²) in [5.74, 6) is -1.11.